The molecule has 3 rings (SSSR count). The van der Waals surface area contributed by atoms with E-state index in [0.717, 1.165) is 6.61 Å². The fraction of sp³-hybridized carbons (Fsp3) is 0.364. The van der Waals surface area contributed by atoms with Crippen LogP contribution in [-0.4, -0.2) is 32.0 Å². The van der Waals surface area contributed by atoms with Crippen molar-refractivity contribution in [3.8, 4) is 11.5 Å². The SMILES string of the molecule is O=C(NC[C@H]1CO1)c1ccc2c(c1)OCO2. The first-order valence-corrected chi connectivity index (χ1v) is 5.12. The van der Waals surface area contributed by atoms with Crippen molar-refractivity contribution in [3.63, 3.8) is 0 Å². The molecule has 1 atom stereocenters. The van der Waals surface area contributed by atoms with E-state index in [-0.39, 0.29) is 18.8 Å². The summed E-state index contributed by atoms with van der Waals surface area (Å²) in [6.07, 6.45) is 0.193. The molecule has 1 saturated heterocycles. The second kappa shape index (κ2) is 3.68. The van der Waals surface area contributed by atoms with Gasteiger partial charge < -0.3 is 19.5 Å². The molecule has 1 aromatic rings. The molecule has 5 nitrogen and oxygen atoms in total. The number of ether oxygens (including phenoxy) is 3. The van der Waals surface area contributed by atoms with Crippen molar-refractivity contribution in [3.05, 3.63) is 23.8 Å². The van der Waals surface area contributed by atoms with Gasteiger partial charge in [-0.3, -0.25) is 4.79 Å². The van der Waals surface area contributed by atoms with Gasteiger partial charge in [0.1, 0.15) is 0 Å². The highest BCUT2D eigenvalue weighted by atomic mass is 16.7. The zero-order chi connectivity index (χ0) is 11.0. The molecular formula is C11H11NO4. The number of hydrogen-bond donors (Lipinski definition) is 1. The maximum Gasteiger partial charge on any atom is 0.251 e. The van der Waals surface area contributed by atoms with Crippen LogP contribution in [0, 0.1) is 0 Å². The molecule has 0 aromatic heterocycles. The van der Waals surface area contributed by atoms with Crippen LogP contribution in [0.1, 0.15) is 10.4 Å². The zero-order valence-electron chi connectivity index (χ0n) is 8.56. The molecule has 1 N–H and O–H groups in total. The summed E-state index contributed by atoms with van der Waals surface area (Å²) in [5.41, 5.74) is 0.574. The summed E-state index contributed by atoms with van der Waals surface area (Å²) >= 11 is 0. The molecule has 1 amide bonds. The van der Waals surface area contributed by atoms with E-state index in [1.54, 1.807) is 18.2 Å². The number of amides is 1. The molecule has 0 radical (unpaired) electrons. The summed E-state index contributed by atoms with van der Waals surface area (Å²) in [5, 5.41) is 2.79. The molecule has 5 heteroatoms. The van der Waals surface area contributed by atoms with Crippen molar-refractivity contribution < 1.29 is 19.0 Å². The topological polar surface area (TPSA) is 60.1 Å². The van der Waals surface area contributed by atoms with Gasteiger partial charge in [0.15, 0.2) is 11.5 Å². The number of benzene rings is 1. The molecule has 0 bridgehead atoms. The first-order valence-electron chi connectivity index (χ1n) is 5.12. The lowest BCUT2D eigenvalue weighted by Crippen LogP contribution is -2.27. The largest absolute Gasteiger partial charge is 0.454 e. The Morgan fingerprint density at radius 1 is 1.38 bits per heavy atom. The average molecular weight is 221 g/mol. The van der Waals surface area contributed by atoms with Crippen LogP contribution in [0.2, 0.25) is 0 Å². The van der Waals surface area contributed by atoms with Crippen LogP contribution in [0.15, 0.2) is 18.2 Å². The highest BCUT2D eigenvalue weighted by molar-refractivity contribution is 5.94. The summed E-state index contributed by atoms with van der Waals surface area (Å²) in [4.78, 5) is 11.7. The normalized spacial score (nSPS) is 20.6. The van der Waals surface area contributed by atoms with E-state index in [4.69, 9.17) is 14.2 Å². The van der Waals surface area contributed by atoms with Gasteiger partial charge in [-0.25, -0.2) is 0 Å². The highest BCUT2D eigenvalue weighted by Crippen LogP contribution is 2.32. The number of nitrogens with one attached hydrogen (secondary N) is 1. The van der Waals surface area contributed by atoms with Gasteiger partial charge in [0.25, 0.3) is 5.91 Å². The lowest BCUT2D eigenvalue weighted by molar-refractivity contribution is 0.0950. The second-order valence-corrected chi connectivity index (χ2v) is 3.73. The summed E-state index contributed by atoms with van der Waals surface area (Å²) in [6, 6.07) is 5.15. The minimum Gasteiger partial charge on any atom is -0.454 e. The van der Waals surface area contributed by atoms with E-state index < -0.39 is 0 Å². The first-order chi connectivity index (χ1) is 7.83. The molecular weight excluding hydrogens is 210 g/mol. The number of hydrogen-bond acceptors (Lipinski definition) is 4. The predicted octanol–water partition coefficient (Wildman–Crippen LogP) is 0.544. The lowest BCUT2D eigenvalue weighted by Gasteiger charge is -2.03. The summed E-state index contributed by atoms with van der Waals surface area (Å²) in [5.74, 6) is 1.19. The third kappa shape index (κ3) is 1.81. The van der Waals surface area contributed by atoms with Gasteiger partial charge in [0, 0.05) is 12.1 Å². The standard InChI is InChI=1S/C11H11NO4/c13-11(12-4-8-5-14-8)7-1-2-9-10(3-7)16-6-15-9/h1-3,8H,4-6H2,(H,12,13)/t8-/m0/s1. The number of epoxide rings is 1. The van der Waals surface area contributed by atoms with Crippen LogP contribution in [0.5, 0.6) is 11.5 Å². The summed E-state index contributed by atoms with van der Waals surface area (Å²) in [7, 11) is 0. The van der Waals surface area contributed by atoms with E-state index in [1.165, 1.54) is 0 Å². The smallest absolute Gasteiger partial charge is 0.251 e. The van der Waals surface area contributed by atoms with Gasteiger partial charge in [0.2, 0.25) is 6.79 Å². The van der Waals surface area contributed by atoms with Gasteiger partial charge in [-0.15, -0.1) is 0 Å². The van der Waals surface area contributed by atoms with Crippen LogP contribution < -0.4 is 14.8 Å². The van der Waals surface area contributed by atoms with Gasteiger partial charge in [-0.1, -0.05) is 0 Å². The molecule has 1 fully saturated rings. The van der Waals surface area contributed by atoms with Gasteiger partial charge >= 0.3 is 0 Å². The van der Waals surface area contributed by atoms with E-state index >= 15 is 0 Å². The van der Waals surface area contributed by atoms with Crippen molar-refractivity contribution in [2.75, 3.05) is 19.9 Å². The van der Waals surface area contributed by atoms with Crippen molar-refractivity contribution in [2.24, 2.45) is 0 Å². The van der Waals surface area contributed by atoms with Crippen molar-refractivity contribution >= 4 is 5.91 Å². The minimum atomic E-state index is -0.117. The molecule has 1 aromatic carbocycles. The minimum absolute atomic E-state index is 0.117. The Balaban J connectivity index is 1.70. The third-order valence-electron chi connectivity index (χ3n) is 2.53. The van der Waals surface area contributed by atoms with E-state index in [9.17, 15) is 4.79 Å². The van der Waals surface area contributed by atoms with Gasteiger partial charge in [-0.05, 0) is 18.2 Å². The van der Waals surface area contributed by atoms with Gasteiger partial charge in [-0.2, -0.15) is 0 Å². The molecule has 0 spiro atoms. The molecule has 2 aliphatic heterocycles. The van der Waals surface area contributed by atoms with E-state index in [2.05, 4.69) is 5.32 Å². The Labute approximate surface area is 92.3 Å². The molecule has 0 aliphatic carbocycles. The number of rotatable bonds is 3. The highest BCUT2D eigenvalue weighted by Gasteiger charge is 2.23. The van der Waals surface area contributed by atoms with Crippen LogP contribution in [-0.2, 0) is 4.74 Å². The Bertz CT molecular complexity index is 428. The quantitative estimate of drug-likeness (QED) is 0.757. The molecule has 2 aliphatic rings. The second-order valence-electron chi connectivity index (χ2n) is 3.73. The average Bonchev–Trinajstić information content (AvgIpc) is 3.01. The summed E-state index contributed by atoms with van der Waals surface area (Å²) < 4.78 is 15.4. The Hall–Kier alpha value is -1.75. The maximum atomic E-state index is 11.7. The molecule has 0 unspecified atom stereocenters. The van der Waals surface area contributed by atoms with Gasteiger partial charge in [0.05, 0.1) is 12.7 Å². The third-order valence-corrected chi connectivity index (χ3v) is 2.53. The van der Waals surface area contributed by atoms with Crippen LogP contribution in [0.4, 0.5) is 0 Å². The number of carbonyl (C=O) groups is 1. The number of carbonyl (C=O) groups excluding carboxylic acids is 1. The van der Waals surface area contributed by atoms with Crippen LogP contribution in [0.3, 0.4) is 0 Å². The van der Waals surface area contributed by atoms with Crippen molar-refractivity contribution in [1.29, 1.82) is 0 Å². The Morgan fingerprint density at radius 2 is 2.19 bits per heavy atom. The predicted molar refractivity (Wildman–Crippen MR) is 54.6 cm³/mol. The molecule has 0 saturated carbocycles. The van der Waals surface area contributed by atoms with Crippen LogP contribution >= 0.6 is 0 Å². The van der Waals surface area contributed by atoms with Crippen LogP contribution in [0.25, 0.3) is 0 Å². The van der Waals surface area contributed by atoms with E-state index in [1.807, 2.05) is 0 Å². The Kier molecular flexibility index (Phi) is 2.18. The van der Waals surface area contributed by atoms with Crippen molar-refractivity contribution in [2.45, 2.75) is 6.10 Å². The number of fused-ring (bicyclic) bond motifs is 1. The Morgan fingerprint density at radius 3 is 3.00 bits per heavy atom. The zero-order valence-corrected chi connectivity index (χ0v) is 8.56. The molecule has 16 heavy (non-hydrogen) atoms. The van der Waals surface area contributed by atoms with Crippen molar-refractivity contribution in [1.82, 2.24) is 5.32 Å². The lowest BCUT2D eigenvalue weighted by atomic mass is 10.2. The first kappa shape index (κ1) is 9.47. The fourth-order valence-corrected chi connectivity index (χ4v) is 1.53. The molecule has 2 heterocycles. The summed E-state index contributed by atoms with van der Waals surface area (Å²) in [6.45, 7) is 1.52. The molecule has 84 valence electrons. The van der Waals surface area contributed by atoms with E-state index in [0.29, 0.717) is 23.6 Å². The maximum absolute atomic E-state index is 11.7. The monoisotopic (exact) mass is 221 g/mol. The fourth-order valence-electron chi connectivity index (χ4n) is 1.53.